The molecule has 0 aromatic heterocycles. The molecule has 0 bridgehead atoms. The van der Waals surface area contributed by atoms with E-state index in [1.54, 1.807) is 7.11 Å². The van der Waals surface area contributed by atoms with Crippen molar-refractivity contribution in [2.24, 2.45) is 5.73 Å². The van der Waals surface area contributed by atoms with Crippen LogP contribution in [0.5, 0.6) is 0 Å². The Morgan fingerprint density at radius 3 is 2.94 bits per heavy atom. The van der Waals surface area contributed by atoms with Crippen LogP contribution in [0.2, 0.25) is 0 Å². The molecule has 0 radical (unpaired) electrons. The molecule has 2 unspecified atom stereocenters. The highest BCUT2D eigenvalue weighted by molar-refractivity contribution is 9.10. The monoisotopic (exact) mass is 312 g/mol. The first-order chi connectivity index (χ1) is 8.63. The SMILES string of the molecule is COCCN1CCC(N)C1c1ccc(Br)c(C)c1. The van der Waals surface area contributed by atoms with Crippen molar-refractivity contribution in [3.05, 3.63) is 33.8 Å². The molecule has 0 saturated carbocycles. The summed E-state index contributed by atoms with van der Waals surface area (Å²) >= 11 is 3.55. The Morgan fingerprint density at radius 1 is 1.50 bits per heavy atom. The molecule has 1 saturated heterocycles. The fourth-order valence-corrected chi connectivity index (χ4v) is 2.90. The van der Waals surface area contributed by atoms with Gasteiger partial charge in [-0.3, -0.25) is 4.90 Å². The Morgan fingerprint density at radius 2 is 2.28 bits per heavy atom. The van der Waals surface area contributed by atoms with Gasteiger partial charge in [0.1, 0.15) is 0 Å². The van der Waals surface area contributed by atoms with Gasteiger partial charge in [-0.15, -0.1) is 0 Å². The lowest BCUT2D eigenvalue weighted by molar-refractivity contribution is 0.139. The second-order valence-corrected chi connectivity index (χ2v) is 5.79. The summed E-state index contributed by atoms with van der Waals surface area (Å²) in [5.41, 5.74) is 8.85. The van der Waals surface area contributed by atoms with E-state index in [2.05, 4.69) is 46.0 Å². The van der Waals surface area contributed by atoms with Crippen LogP contribution >= 0.6 is 15.9 Å². The minimum absolute atomic E-state index is 0.224. The Kier molecular flexibility index (Phi) is 4.78. The van der Waals surface area contributed by atoms with Crippen molar-refractivity contribution in [2.45, 2.75) is 25.4 Å². The number of hydrogen-bond acceptors (Lipinski definition) is 3. The first-order valence-corrected chi connectivity index (χ1v) is 7.17. The standard InChI is InChI=1S/C14H21BrN2O/c1-10-9-11(3-4-12(10)15)14-13(16)5-6-17(14)7-8-18-2/h3-4,9,13-14H,5-8,16H2,1-2H3. The molecule has 1 heterocycles. The van der Waals surface area contributed by atoms with Crippen LogP contribution in [0.3, 0.4) is 0 Å². The van der Waals surface area contributed by atoms with Crippen molar-refractivity contribution in [3.8, 4) is 0 Å². The zero-order valence-corrected chi connectivity index (χ0v) is 12.6. The van der Waals surface area contributed by atoms with E-state index < -0.39 is 0 Å². The molecule has 1 aliphatic heterocycles. The molecule has 1 aromatic carbocycles. The third-order valence-electron chi connectivity index (χ3n) is 3.65. The summed E-state index contributed by atoms with van der Waals surface area (Å²) in [6.07, 6.45) is 1.06. The number of ether oxygens (including phenoxy) is 1. The number of benzene rings is 1. The summed E-state index contributed by atoms with van der Waals surface area (Å²) in [7, 11) is 1.74. The van der Waals surface area contributed by atoms with Crippen LogP contribution in [0.4, 0.5) is 0 Å². The van der Waals surface area contributed by atoms with Crippen LogP contribution in [0.1, 0.15) is 23.6 Å². The Hall–Kier alpha value is -0.420. The zero-order valence-electron chi connectivity index (χ0n) is 11.0. The summed E-state index contributed by atoms with van der Waals surface area (Å²) in [5, 5.41) is 0. The number of methoxy groups -OCH3 is 1. The number of aryl methyl sites for hydroxylation is 1. The molecule has 1 aliphatic rings. The summed E-state index contributed by atoms with van der Waals surface area (Å²) < 4.78 is 6.33. The van der Waals surface area contributed by atoms with Crippen LogP contribution < -0.4 is 5.73 Å². The molecule has 18 heavy (non-hydrogen) atoms. The average Bonchev–Trinajstić information content (AvgIpc) is 2.71. The smallest absolute Gasteiger partial charge is 0.0589 e. The van der Waals surface area contributed by atoms with E-state index >= 15 is 0 Å². The van der Waals surface area contributed by atoms with Gasteiger partial charge in [0.2, 0.25) is 0 Å². The molecular formula is C14H21BrN2O. The van der Waals surface area contributed by atoms with Crippen LogP contribution in [0.15, 0.2) is 22.7 Å². The maximum Gasteiger partial charge on any atom is 0.0589 e. The lowest BCUT2D eigenvalue weighted by Crippen LogP contribution is -2.33. The Balaban J connectivity index is 2.19. The number of nitrogens with zero attached hydrogens (tertiary/aromatic N) is 1. The van der Waals surface area contributed by atoms with Gasteiger partial charge in [-0.2, -0.15) is 0 Å². The summed E-state index contributed by atoms with van der Waals surface area (Å²) in [4.78, 5) is 2.43. The van der Waals surface area contributed by atoms with E-state index in [4.69, 9.17) is 10.5 Å². The number of hydrogen-bond donors (Lipinski definition) is 1. The third kappa shape index (κ3) is 2.94. The Labute approximate surface area is 117 Å². The quantitative estimate of drug-likeness (QED) is 0.928. The van der Waals surface area contributed by atoms with Crippen molar-refractivity contribution in [1.29, 1.82) is 0 Å². The summed E-state index contributed by atoms with van der Waals surface area (Å²) in [6.45, 7) is 4.89. The van der Waals surface area contributed by atoms with Gasteiger partial charge in [0.25, 0.3) is 0 Å². The van der Waals surface area contributed by atoms with Gasteiger partial charge in [0.05, 0.1) is 12.6 Å². The van der Waals surface area contributed by atoms with E-state index in [0.717, 1.165) is 30.6 Å². The van der Waals surface area contributed by atoms with Crippen molar-refractivity contribution in [3.63, 3.8) is 0 Å². The number of rotatable bonds is 4. The summed E-state index contributed by atoms with van der Waals surface area (Å²) in [6, 6.07) is 7.07. The lowest BCUT2D eigenvalue weighted by Gasteiger charge is -2.27. The third-order valence-corrected chi connectivity index (χ3v) is 4.54. The van der Waals surface area contributed by atoms with Gasteiger partial charge in [-0.25, -0.2) is 0 Å². The van der Waals surface area contributed by atoms with E-state index in [9.17, 15) is 0 Å². The normalized spacial score (nSPS) is 24.7. The largest absolute Gasteiger partial charge is 0.383 e. The average molecular weight is 313 g/mol. The van der Waals surface area contributed by atoms with Crippen molar-refractivity contribution in [1.82, 2.24) is 4.90 Å². The molecule has 4 heteroatoms. The molecule has 1 fully saturated rings. The van der Waals surface area contributed by atoms with E-state index in [1.807, 2.05) is 0 Å². The number of halogens is 1. The van der Waals surface area contributed by atoms with E-state index in [1.165, 1.54) is 11.1 Å². The van der Waals surface area contributed by atoms with Crippen LogP contribution in [-0.4, -0.2) is 37.7 Å². The molecule has 2 atom stereocenters. The fraction of sp³-hybridized carbons (Fsp3) is 0.571. The molecule has 0 amide bonds. The lowest BCUT2D eigenvalue weighted by atomic mass is 9.99. The van der Waals surface area contributed by atoms with Gasteiger partial charge in [0.15, 0.2) is 0 Å². The molecule has 2 rings (SSSR count). The molecule has 1 aromatic rings. The summed E-state index contributed by atoms with van der Waals surface area (Å²) in [5.74, 6) is 0. The minimum Gasteiger partial charge on any atom is -0.383 e. The first kappa shape index (κ1) is 14.0. The predicted octanol–water partition coefficient (Wildman–Crippen LogP) is 2.48. The maximum absolute atomic E-state index is 6.27. The highest BCUT2D eigenvalue weighted by Crippen LogP contribution is 2.32. The van der Waals surface area contributed by atoms with Crippen molar-refractivity contribution >= 4 is 15.9 Å². The molecule has 0 aliphatic carbocycles. The molecule has 2 N–H and O–H groups in total. The molecule has 0 spiro atoms. The maximum atomic E-state index is 6.27. The number of likely N-dealkylation sites (tertiary alicyclic amines) is 1. The molecular weight excluding hydrogens is 292 g/mol. The Bertz CT molecular complexity index is 411. The highest BCUT2D eigenvalue weighted by atomic mass is 79.9. The van der Waals surface area contributed by atoms with Gasteiger partial charge in [-0.1, -0.05) is 28.1 Å². The molecule has 100 valence electrons. The van der Waals surface area contributed by atoms with Gasteiger partial charge >= 0.3 is 0 Å². The van der Waals surface area contributed by atoms with Gasteiger partial charge in [-0.05, 0) is 30.5 Å². The minimum atomic E-state index is 0.224. The zero-order chi connectivity index (χ0) is 13.1. The topological polar surface area (TPSA) is 38.5 Å². The first-order valence-electron chi connectivity index (χ1n) is 6.38. The fourth-order valence-electron chi connectivity index (χ4n) is 2.65. The molecule has 3 nitrogen and oxygen atoms in total. The van der Waals surface area contributed by atoms with Crippen LogP contribution in [0, 0.1) is 6.92 Å². The highest BCUT2D eigenvalue weighted by Gasteiger charge is 2.32. The second-order valence-electron chi connectivity index (χ2n) is 4.93. The van der Waals surface area contributed by atoms with E-state index in [-0.39, 0.29) is 6.04 Å². The van der Waals surface area contributed by atoms with Crippen LogP contribution in [-0.2, 0) is 4.74 Å². The van der Waals surface area contributed by atoms with Crippen molar-refractivity contribution < 1.29 is 4.74 Å². The number of nitrogens with two attached hydrogens (primary N) is 1. The van der Waals surface area contributed by atoms with E-state index in [0.29, 0.717) is 6.04 Å². The van der Waals surface area contributed by atoms with Crippen molar-refractivity contribution in [2.75, 3.05) is 26.8 Å². The van der Waals surface area contributed by atoms with Gasteiger partial charge in [0, 0.05) is 30.7 Å². The predicted molar refractivity (Wildman–Crippen MR) is 77.7 cm³/mol. The van der Waals surface area contributed by atoms with Gasteiger partial charge < -0.3 is 10.5 Å². The van der Waals surface area contributed by atoms with Crippen LogP contribution in [0.25, 0.3) is 0 Å². The second kappa shape index (κ2) is 6.15.